The van der Waals surface area contributed by atoms with Gasteiger partial charge in [0, 0.05) is 15.4 Å². The first-order chi connectivity index (χ1) is 16.1. The number of nitrogens with zero attached hydrogens (tertiary/aromatic N) is 1. The zero-order chi connectivity index (χ0) is 23.5. The van der Waals surface area contributed by atoms with Gasteiger partial charge in [0.05, 0.1) is 5.56 Å². The number of hydrogen-bond donors (Lipinski definition) is 0. The molecule has 0 fully saturated rings. The largest absolute Gasteiger partial charge is 0.365 e. The zero-order valence-corrected chi connectivity index (χ0v) is 19.9. The van der Waals surface area contributed by atoms with Gasteiger partial charge < -0.3 is 4.84 Å². The van der Waals surface area contributed by atoms with Gasteiger partial charge in [-0.05, 0) is 68.3 Å². The van der Waals surface area contributed by atoms with Crippen LogP contribution in [0.3, 0.4) is 0 Å². The summed E-state index contributed by atoms with van der Waals surface area (Å²) in [5, 5.41) is 4.01. The van der Waals surface area contributed by atoms with Gasteiger partial charge in [-0.3, -0.25) is 4.79 Å². The maximum Gasteiger partial charge on any atom is 0.365 e. The van der Waals surface area contributed by atoms with E-state index in [1.54, 1.807) is 42.1 Å². The predicted octanol–water partition coefficient (Wildman–Crippen LogP) is 7.51. The molecule has 3 aromatic rings. The minimum absolute atomic E-state index is 0.209. The molecule has 0 amide bonds. The molecular formula is C28H29NO3S. The molecular weight excluding hydrogens is 430 g/mol. The highest BCUT2D eigenvalue weighted by Gasteiger charge is 2.17. The molecule has 0 aliphatic heterocycles. The van der Waals surface area contributed by atoms with Crippen LogP contribution in [0.15, 0.2) is 93.8 Å². The molecule has 5 heteroatoms. The number of carbonyl (C=O) groups is 2. The third-order valence-electron chi connectivity index (χ3n) is 5.12. The molecule has 3 aromatic carbocycles. The van der Waals surface area contributed by atoms with Gasteiger partial charge in [0.25, 0.3) is 0 Å². The number of ketones is 1. The van der Waals surface area contributed by atoms with Crippen LogP contribution < -0.4 is 0 Å². The second kappa shape index (κ2) is 12.8. The van der Waals surface area contributed by atoms with Gasteiger partial charge in [-0.15, -0.1) is 0 Å². The Bertz CT molecular complexity index is 1090. The van der Waals surface area contributed by atoms with Crippen molar-refractivity contribution in [3.8, 4) is 0 Å². The summed E-state index contributed by atoms with van der Waals surface area (Å²) in [5.74, 6) is -0.771. The van der Waals surface area contributed by atoms with Crippen LogP contribution in [0.2, 0.25) is 0 Å². The molecule has 0 aliphatic carbocycles. The summed E-state index contributed by atoms with van der Waals surface area (Å²) in [6.45, 7) is 4.04. The summed E-state index contributed by atoms with van der Waals surface area (Å²) in [6.07, 6.45) is 4.49. The Morgan fingerprint density at radius 3 is 2.24 bits per heavy atom. The van der Waals surface area contributed by atoms with Gasteiger partial charge >= 0.3 is 5.97 Å². The highest BCUT2D eigenvalue weighted by Crippen LogP contribution is 2.27. The lowest BCUT2D eigenvalue weighted by atomic mass is 10.0. The van der Waals surface area contributed by atoms with E-state index >= 15 is 0 Å². The number of unbranched alkanes of at least 4 members (excludes halogenated alkanes) is 3. The van der Waals surface area contributed by atoms with Crippen LogP contribution in [-0.4, -0.2) is 17.5 Å². The molecule has 0 radical (unpaired) electrons. The smallest absolute Gasteiger partial charge is 0.312 e. The first-order valence-corrected chi connectivity index (χ1v) is 12.1. The van der Waals surface area contributed by atoms with Crippen molar-refractivity contribution in [3.05, 3.63) is 95.6 Å². The minimum Gasteiger partial charge on any atom is -0.312 e. The van der Waals surface area contributed by atoms with E-state index in [1.165, 1.54) is 0 Å². The third kappa shape index (κ3) is 7.72. The van der Waals surface area contributed by atoms with Crippen LogP contribution in [0.4, 0.5) is 0 Å². The van der Waals surface area contributed by atoms with Gasteiger partial charge in [0.15, 0.2) is 0 Å². The Morgan fingerprint density at radius 2 is 1.55 bits per heavy atom. The highest BCUT2D eigenvalue weighted by molar-refractivity contribution is 7.99. The lowest BCUT2D eigenvalue weighted by molar-refractivity contribution is 0.0514. The fourth-order valence-corrected chi connectivity index (χ4v) is 4.14. The molecule has 0 unspecified atom stereocenters. The Labute approximate surface area is 200 Å². The number of rotatable bonds is 11. The van der Waals surface area contributed by atoms with E-state index in [2.05, 4.69) is 12.1 Å². The van der Waals surface area contributed by atoms with Crippen molar-refractivity contribution in [1.29, 1.82) is 0 Å². The molecule has 0 aromatic heterocycles. The molecule has 33 heavy (non-hydrogen) atoms. The van der Waals surface area contributed by atoms with Crippen LogP contribution in [0.25, 0.3) is 0 Å². The average Bonchev–Trinajstić information content (AvgIpc) is 2.84. The molecule has 0 atom stereocenters. The number of benzene rings is 3. The number of aryl methyl sites for hydroxylation is 1. The van der Waals surface area contributed by atoms with Gasteiger partial charge in [0.1, 0.15) is 5.71 Å². The maximum absolute atomic E-state index is 13.2. The highest BCUT2D eigenvalue weighted by atomic mass is 32.2. The summed E-state index contributed by atoms with van der Waals surface area (Å²) >= 11 is 1.64. The van der Waals surface area contributed by atoms with Crippen molar-refractivity contribution < 1.29 is 14.4 Å². The Morgan fingerprint density at radius 1 is 0.818 bits per heavy atom. The predicted molar refractivity (Wildman–Crippen MR) is 134 cm³/mol. The van der Waals surface area contributed by atoms with Crippen LogP contribution in [-0.2, 0) is 4.84 Å². The fraction of sp³-hybridized carbons (Fsp3) is 0.250. The molecule has 0 N–H and O–H groups in total. The van der Waals surface area contributed by atoms with E-state index in [0.29, 0.717) is 17.5 Å². The summed E-state index contributed by atoms with van der Waals surface area (Å²) < 4.78 is 0. The number of carbonyl (C=O) groups excluding carboxylic acids is 2. The van der Waals surface area contributed by atoms with E-state index < -0.39 is 5.97 Å². The lowest BCUT2D eigenvalue weighted by Crippen LogP contribution is -2.16. The van der Waals surface area contributed by atoms with E-state index in [9.17, 15) is 9.59 Å². The van der Waals surface area contributed by atoms with Crippen molar-refractivity contribution in [2.75, 3.05) is 0 Å². The molecule has 170 valence electrons. The van der Waals surface area contributed by atoms with Crippen LogP contribution in [0.5, 0.6) is 0 Å². The summed E-state index contributed by atoms with van der Waals surface area (Å²) in [6, 6.07) is 24.7. The van der Waals surface area contributed by atoms with Crippen molar-refractivity contribution in [2.45, 2.75) is 55.7 Å². The van der Waals surface area contributed by atoms with E-state index in [0.717, 1.165) is 41.0 Å². The van der Waals surface area contributed by atoms with Gasteiger partial charge in [0.2, 0.25) is 5.78 Å². The standard InChI is InChI=1S/C28H29NO3S/c1-3-4-5-9-15-26(29-32-28(31)23-12-10-11-21(2)20-23)27(30)22-16-18-25(19-17-22)33-24-13-7-6-8-14-24/h6-8,10-14,16-20H,3-5,9,15H2,1-2H3/b29-26+. The summed E-state index contributed by atoms with van der Waals surface area (Å²) in [5.41, 5.74) is 2.18. The summed E-state index contributed by atoms with van der Waals surface area (Å²) in [4.78, 5) is 32.9. The van der Waals surface area contributed by atoms with Gasteiger partial charge in [-0.2, -0.15) is 0 Å². The molecule has 0 aliphatic rings. The van der Waals surface area contributed by atoms with Gasteiger partial charge in [-0.25, -0.2) is 4.79 Å². The third-order valence-corrected chi connectivity index (χ3v) is 6.13. The van der Waals surface area contributed by atoms with Crippen LogP contribution in [0, 0.1) is 6.92 Å². The van der Waals surface area contributed by atoms with E-state index in [1.807, 2.05) is 55.5 Å². The maximum atomic E-state index is 13.2. The topological polar surface area (TPSA) is 55.7 Å². The normalized spacial score (nSPS) is 11.3. The second-order valence-electron chi connectivity index (χ2n) is 7.87. The van der Waals surface area contributed by atoms with Crippen molar-refractivity contribution >= 4 is 29.2 Å². The quantitative estimate of drug-likeness (QED) is 0.0978. The molecule has 4 nitrogen and oxygen atoms in total. The van der Waals surface area contributed by atoms with Crippen molar-refractivity contribution in [1.82, 2.24) is 0 Å². The fourth-order valence-electron chi connectivity index (χ4n) is 3.31. The Balaban J connectivity index is 1.72. The molecule has 0 bridgehead atoms. The first-order valence-electron chi connectivity index (χ1n) is 11.3. The first kappa shape index (κ1) is 24.5. The minimum atomic E-state index is -0.563. The number of Topliss-reactive ketones (excluding diaryl/α,β-unsaturated/α-hetero) is 1. The van der Waals surface area contributed by atoms with Crippen LogP contribution >= 0.6 is 11.8 Å². The monoisotopic (exact) mass is 459 g/mol. The molecule has 0 spiro atoms. The van der Waals surface area contributed by atoms with Crippen molar-refractivity contribution in [3.63, 3.8) is 0 Å². The average molecular weight is 460 g/mol. The number of hydrogen-bond acceptors (Lipinski definition) is 5. The van der Waals surface area contributed by atoms with E-state index in [4.69, 9.17) is 4.84 Å². The second-order valence-corrected chi connectivity index (χ2v) is 9.01. The SMILES string of the molecule is CCCCCC/C(=N\OC(=O)c1cccc(C)c1)C(=O)c1ccc(Sc2ccccc2)cc1. The molecule has 0 saturated carbocycles. The molecule has 0 heterocycles. The molecule has 3 rings (SSSR count). The lowest BCUT2D eigenvalue weighted by Gasteiger charge is -2.07. The summed E-state index contributed by atoms with van der Waals surface area (Å²) in [7, 11) is 0. The van der Waals surface area contributed by atoms with Crippen molar-refractivity contribution in [2.24, 2.45) is 5.16 Å². The van der Waals surface area contributed by atoms with E-state index in [-0.39, 0.29) is 11.5 Å². The van der Waals surface area contributed by atoms with Crippen LogP contribution in [0.1, 0.15) is 65.3 Å². The Hall–Kier alpha value is -3.18. The van der Waals surface area contributed by atoms with Gasteiger partial charge in [-0.1, -0.05) is 79.0 Å². The number of oxime groups is 1. The Kier molecular flexibility index (Phi) is 9.45. The zero-order valence-electron chi connectivity index (χ0n) is 19.1. The molecule has 0 saturated heterocycles.